The van der Waals surface area contributed by atoms with E-state index in [1.165, 1.54) is 4.88 Å². The maximum absolute atomic E-state index is 12.3. The van der Waals surface area contributed by atoms with E-state index in [0.29, 0.717) is 13.0 Å². The molecule has 0 saturated carbocycles. The van der Waals surface area contributed by atoms with Crippen molar-refractivity contribution in [1.82, 2.24) is 10.6 Å². The van der Waals surface area contributed by atoms with Crippen LogP contribution in [0, 0.1) is 0 Å². The molecule has 0 radical (unpaired) electrons. The molecule has 1 atom stereocenters. The van der Waals surface area contributed by atoms with E-state index < -0.39 is 0 Å². The molecule has 1 aromatic carbocycles. The number of hydrogen-bond acceptors (Lipinski definition) is 3. The molecule has 1 saturated heterocycles. The SMILES string of the molecule is CN=C(NCCc1cccs1)NC1CC(=O)N(c2ccccc2)C1. The molecule has 5 nitrogen and oxygen atoms in total. The molecule has 2 N–H and O–H groups in total. The van der Waals surface area contributed by atoms with E-state index in [2.05, 4.69) is 33.1 Å². The van der Waals surface area contributed by atoms with E-state index >= 15 is 0 Å². The number of rotatable bonds is 5. The Hall–Kier alpha value is -2.34. The zero-order chi connectivity index (χ0) is 16.8. The second kappa shape index (κ2) is 7.97. The maximum Gasteiger partial charge on any atom is 0.229 e. The highest BCUT2D eigenvalue weighted by atomic mass is 32.1. The Morgan fingerprint density at radius 3 is 2.83 bits per heavy atom. The summed E-state index contributed by atoms with van der Waals surface area (Å²) in [5, 5.41) is 8.76. The van der Waals surface area contributed by atoms with Gasteiger partial charge in [-0.25, -0.2) is 0 Å². The van der Waals surface area contributed by atoms with Crippen LogP contribution < -0.4 is 15.5 Å². The number of para-hydroxylation sites is 1. The summed E-state index contributed by atoms with van der Waals surface area (Å²) in [4.78, 5) is 19.7. The Kier molecular flexibility index (Phi) is 5.48. The second-order valence-corrected chi connectivity index (χ2v) is 6.75. The molecule has 1 unspecified atom stereocenters. The number of nitrogens with one attached hydrogen (secondary N) is 2. The molecule has 0 bridgehead atoms. The molecule has 1 aliphatic rings. The van der Waals surface area contributed by atoms with E-state index in [-0.39, 0.29) is 11.9 Å². The zero-order valence-corrected chi connectivity index (χ0v) is 14.6. The number of anilines is 1. The number of thiophene rings is 1. The Labute approximate surface area is 146 Å². The van der Waals surface area contributed by atoms with E-state index in [1.54, 1.807) is 18.4 Å². The van der Waals surface area contributed by atoms with Gasteiger partial charge in [0, 0.05) is 37.1 Å². The first kappa shape index (κ1) is 16.5. The summed E-state index contributed by atoms with van der Waals surface area (Å²) in [7, 11) is 1.76. The van der Waals surface area contributed by atoms with Crippen LogP contribution in [0.15, 0.2) is 52.8 Å². The molecule has 1 aliphatic heterocycles. The number of carbonyl (C=O) groups is 1. The molecule has 126 valence electrons. The summed E-state index contributed by atoms with van der Waals surface area (Å²) < 4.78 is 0. The summed E-state index contributed by atoms with van der Waals surface area (Å²) in [6.45, 7) is 1.48. The normalized spacial score (nSPS) is 18.0. The number of benzene rings is 1. The summed E-state index contributed by atoms with van der Waals surface area (Å²) in [5.41, 5.74) is 0.951. The van der Waals surface area contributed by atoms with Crippen molar-refractivity contribution in [3.05, 3.63) is 52.7 Å². The van der Waals surface area contributed by atoms with Crippen molar-refractivity contribution in [3.63, 3.8) is 0 Å². The Bertz CT molecular complexity index is 684. The highest BCUT2D eigenvalue weighted by molar-refractivity contribution is 7.09. The minimum Gasteiger partial charge on any atom is -0.356 e. The van der Waals surface area contributed by atoms with Crippen LogP contribution in [-0.4, -0.2) is 38.0 Å². The zero-order valence-electron chi connectivity index (χ0n) is 13.7. The van der Waals surface area contributed by atoms with E-state index in [1.807, 2.05) is 35.2 Å². The van der Waals surface area contributed by atoms with Crippen LogP contribution in [-0.2, 0) is 11.2 Å². The van der Waals surface area contributed by atoms with Crippen molar-refractivity contribution in [2.75, 3.05) is 25.0 Å². The van der Waals surface area contributed by atoms with Gasteiger partial charge in [0.15, 0.2) is 5.96 Å². The third kappa shape index (κ3) is 4.14. The van der Waals surface area contributed by atoms with Crippen LogP contribution >= 0.6 is 11.3 Å². The summed E-state index contributed by atoms with van der Waals surface area (Å²) in [6, 6.07) is 14.1. The summed E-state index contributed by atoms with van der Waals surface area (Å²) >= 11 is 1.76. The number of amides is 1. The third-order valence-corrected chi connectivity index (χ3v) is 4.94. The molecular formula is C18H22N4OS. The fraction of sp³-hybridized carbons (Fsp3) is 0.333. The average molecular weight is 342 g/mol. The molecule has 1 fully saturated rings. The Morgan fingerprint density at radius 2 is 2.12 bits per heavy atom. The van der Waals surface area contributed by atoms with Crippen LogP contribution in [0.4, 0.5) is 5.69 Å². The summed E-state index contributed by atoms with van der Waals surface area (Å²) in [6.07, 6.45) is 1.46. The van der Waals surface area contributed by atoms with Crippen LogP contribution in [0.1, 0.15) is 11.3 Å². The average Bonchev–Trinajstić information content (AvgIpc) is 3.24. The fourth-order valence-electron chi connectivity index (χ4n) is 2.81. The summed E-state index contributed by atoms with van der Waals surface area (Å²) in [5.74, 6) is 0.895. The van der Waals surface area contributed by atoms with Crippen LogP contribution in [0.3, 0.4) is 0 Å². The van der Waals surface area contributed by atoms with Crippen molar-refractivity contribution in [3.8, 4) is 0 Å². The van der Waals surface area contributed by atoms with Crippen molar-refractivity contribution in [2.45, 2.75) is 18.9 Å². The molecule has 1 aromatic heterocycles. The smallest absolute Gasteiger partial charge is 0.229 e. The first-order valence-electron chi connectivity index (χ1n) is 8.11. The molecule has 0 spiro atoms. The maximum atomic E-state index is 12.3. The number of nitrogens with zero attached hydrogens (tertiary/aromatic N) is 2. The van der Waals surface area contributed by atoms with Gasteiger partial charge in [0.05, 0.1) is 6.04 Å². The number of hydrogen-bond donors (Lipinski definition) is 2. The Morgan fingerprint density at radius 1 is 1.29 bits per heavy atom. The second-order valence-electron chi connectivity index (χ2n) is 5.71. The number of guanidine groups is 1. The minimum atomic E-state index is 0.0747. The van der Waals surface area contributed by atoms with Crippen LogP contribution in [0.25, 0.3) is 0 Å². The van der Waals surface area contributed by atoms with Crippen molar-refractivity contribution >= 4 is 28.9 Å². The molecule has 2 aromatic rings. The number of carbonyl (C=O) groups excluding carboxylic acids is 1. The molecule has 2 heterocycles. The minimum absolute atomic E-state index is 0.0747. The van der Waals surface area contributed by atoms with Gasteiger partial charge in [0.2, 0.25) is 5.91 Å². The lowest BCUT2D eigenvalue weighted by Crippen LogP contribution is -2.45. The predicted octanol–water partition coefficient (Wildman–Crippen LogP) is 2.26. The van der Waals surface area contributed by atoms with Gasteiger partial charge < -0.3 is 15.5 Å². The molecule has 0 aliphatic carbocycles. The fourth-order valence-corrected chi connectivity index (χ4v) is 3.52. The monoisotopic (exact) mass is 342 g/mol. The lowest BCUT2D eigenvalue weighted by Gasteiger charge is -2.19. The lowest BCUT2D eigenvalue weighted by atomic mass is 10.2. The highest BCUT2D eigenvalue weighted by Crippen LogP contribution is 2.20. The van der Waals surface area contributed by atoms with Gasteiger partial charge in [-0.05, 0) is 30.0 Å². The number of aliphatic imine (C=N–C) groups is 1. The molecule has 6 heteroatoms. The van der Waals surface area contributed by atoms with E-state index in [0.717, 1.165) is 24.6 Å². The molecular weight excluding hydrogens is 320 g/mol. The van der Waals surface area contributed by atoms with Gasteiger partial charge in [-0.1, -0.05) is 24.3 Å². The van der Waals surface area contributed by atoms with Gasteiger partial charge in [-0.3, -0.25) is 9.79 Å². The largest absolute Gasteiger partial charge is 0.356 e. The predicted molar refractivity (Wildman–Crippen MR) is 99.7 cm³/mol. The molecule has 1 amide bonds. The van der Waals surface area contributed by atoms with Crippen molar-refractivity contribution in [1.29, 1.82) is 0 Å². The van der Waals surface area contributed by atoms with Crippen molar-refractivity contribution in [2.24, 2.45) is 4.99 Å². The first-order chi connectivity index (χ1) is 11.8. The Balaban J connectivity index is 1.50. The molecule has 24 heavy (non-hydrogen) atoms. The van der Waals surface area contributed by atoms with Gasteiger partial charge in [-0.2, -0.15) is 0 Å². The van der Waals surface area contributed by atoms with Gasteiger partial charge in [-0.15, -0.1) is 11.3 Å². The van der Waals surface area contributed by atoms with E-state index in [9.17, 15) is 4.79 Å². The van der Waals surface area contributed by atoms with Gasteiger partial charge in [0.25, 0.3) is 0 Å². The molecule has 3 rings (SSSR count). The van der Waals surface area contributed by atoms with Crippen LogP contribution in [0.5, 0.6) is 0 Å². The highest BCUT2D eigenvalue weighted by Gasteiger charge is 2.30. The third-order valence-electron chi connectivity index (χ3n) is 4.00. The van der Waals surface area contributed by atoms with Crippen LogP contribution in [0.2, 0.25) is 0 Å². The first-order valence-corrected chi connectivity index (χ1v) is 8.99. The van der Waals surface area contributed by atoms with Crippen molar-refractivity contribution < 1.29 is 4.79 Å². The lowest BCUT2D eigenvalue weighted by molar-refractivity contribution is -0.117. The standard InChI is InChI=1S/C18H22N4OS/c1-19-18(20-10-9-16-8-5-11-24-16)21-14-12-17(23)22(13-14)15-6-3-2-4-7-15/h2-8,11,14H,9-10,12-13H2,1H3,(H2,19,20,21). The van der Waals surface area contributed by atoms with Gasteiger partial charge in [0.1, 0.15) is 0 Å². The van der Waals surface area contributed by atoms with E-state index in [4.69, 9.17) is 0 Å². The quantitative estimate of drug-likeness (QED) is 0.647. The topological polar surface area (TPSA) is 56.7 Å². The van der Waals surface area contributed by atoms with Gasteiger partial charge >= 0.3 is 0 Å².